The first-order chi connectivity index (χ1) is 7.78. The van der Waals surface area contributed by atoms with Gasteiger partial charge >= 0.3 is 0 Å². The van der Waals surface area contributed by atoms with Crippen molar-refractivity contribution >= 4 is 11.3 Å². The van der Waals surface area contributed by atoms with Crippen LogP contribution in [0.25, 0.3) is 0 Å². The van der Waals surface area contributed by atoms with E-state index in [1.807, 2.05) is 0 Å². The van der Waals surface area contributed by atoms with Crippen molar-refractivity contribution in [3.05, 3.63) is 15.6 Å². The van der Waals surface area contributed by atoms with Crippen molar-refractivity contribution in [2.75, 3.05) is 0 Å². The van der Waals surface area contributed by atoms with Gasteiger partial charge in [-0.2, -0.15) is 0 Å². The highest BCUT2D eigenvalue weighted by Crippen LogP contribution is 2.49. The third kappa shape index (κ3) is 2.14. The summed E-state index contributed by atoms with van der Waals surface area (Å²) in [6.07, 6.45) is 2.09. The molecule has 0 aromatic carbocycles. The van der Waals surface area contributed by atoms with E-state index in [2.05, 4.69) is 34.6 Å². The molecule has 1 aromatic heterocycles. The number of fused-ring (bicyclic) bond motifs is 1. The molecule has 1 aromatic rings. The first-order valence-electron chi connectivity index (χ1n) is 6.25. The average Bonchev–Trinajstić information content (AvgIpc) is 2.67. The summed E-state index contributed by atoms with van der Waals surface area (Å²) in [5, 5.41) is 1.06. The number of rotatable bonds is 3. The molecule has 2 heterocycles. The smallest absolute Gasteiger partial charge is 0.110 e. The van der Waals surface area contributed by atoms with Crippen molar-refractivity contribution < 1.29 is 4.74 Å². The van der Waals surface area contributed by atoms with Crippen LogP contribution in [-0.2, 0) is 15.9 Å². The minimum atomic E-state index is -0.292. The molecule has 2 N–H and O–H groups in total. The van der Waals surface area contributed by atoms with E-state index in [1.54, 1.807) is 11.3 Å². The molecular formula is C13H22N2OS. The maximum atomic E-state index is 6.15. The second-order valence-corrected chi connectivity index (χ2v) is 6.78. The van der Waals surface area contributed by atoms with Crippen LogP contribution < -0.4 is 5.73 Å². The van der Waals surface area contributed by atoms with E-state index >= 15 is 0 Å². The lowest BCUT2D eigenvalue weighted by Gasteiger charge is -2.24. The first-order valence-corrected chi connectivity index (χ1v) is 7.07. The molecule has 0 amide bonds. The van der Waals surface area contributed by atoms with Gasteiger partial charge in [0.1, 0.15) is 10.6 Å². The highest BCUT2D eigenvalue weighted by atomic mass is 32.1. The molecule has 1 aliphatic heterocycles. The number of thiazole rings is 1. The van der Waals surface area contributed by atoms with Gasteiger partial charge in [-0.25, -0.2) is 4.98 Å². The zero-order chi connectivity index (χ0) is 12.8. The Balaban J connectivity index is 2.39. The van der Waals surface area contributed by atoms with Gasteiger partial charge in [-0.15, -0.1) is 11.3 Å². The van der Waals surface area contributed by atoms with Crippen molar-refractivity contribution in [3.63, 3.8) is 0 Å². The predicted octanol–water partition coefficient (Wildman–Crippen LogP) is 3.44. The van der Waals surface area contributed by atoms with Crippen molar-refractivity contribution in [2.45, 2.75) is 64.7 Å². The maximum absolute atomic E-state index is 6.15. The summed E-state index contributed by atoms with van der Waals surface area (Å²) in [5.41, 5.74) is 6.70. The summed E-state index contributed by atoms with van der Waals surface area (Å²) >= 11 is 1.72. The Kier molecular flexibility index (Phi) is 3.09. The van der Waals surface area contributed by atoms with Crippen LogP contribution in [0.3, 0.4) is 0 Å². The topological polar surface area (TPSA) is 48.1 Å². The van der Waals surface area contributed by atoms with Crippen LogP contribution in [0.4, 0.5) is 0 Å². The Bertz CT molecular complexity index is 392. The summed E-state index contributed by atoms with van der Waals surface area (Å²) in [7, 11) is 0. The molecule has 0 saturated carbocycles. The largest absolute Gasteiger partial charge is 0.358 e. The van der Waals surface area contributed by atoms with Gasteiger partial charge in [0, 0.05) is 0 Å². The summed E-state index contributed by atoms with van der Waals surface area (Å²) < 4.78 is 6.05. The number of nitrogens with zero attached hydrogens (tertiary/aromatic N) is 1. The van der Waals surface area contributed by atoms with Gasteiger partial charge in [-0.05, 0) is 34.1 Å². The van der Waals surface area contributed by atoms with Crippen LogP contribution >= 0.6 is 11.3 Å². The molecule has 0 radical (unpaired) electrons. The zero-order valence-corrected chi connectivity index (χ0v) is 12.1. The molecule has 17 heavy (non-hydrogen) atoms. The van der Waals surface area contributed by atoms with Crippen LogP contribution in [0.2, 0.25) is 0 Å². The average molecular weight is 254 g/mol. The summed E-state index contributed by atoms with van der Waals surface area (Å²) in [6, 6.07) is 0.0715. The van der Waals surface area contributed by atoms with Crippen LogP contribution in [0, 0.1) is 0 Å². The summed E-state index contributed by atoms with van der Waals surface area (Å²) in [5.74, 6) is 0. The van der Waals surface area contributed by atoms with Gasteiger partial charge in [0.2, 0.25) is 0 Å². The molecule has 0 spiro atoms. The van der Waals surface area contributed by atoms with E-state index in [-0.39, 0.29) is 17.2 Å². The third-order valence-corrected chi connectivity index (χ3v) is 4.68. The molecule has 2 rings (SSSR count). The van der Waals surface area contributed by atoms with E-state index in [9.17, 15) is 0 Å². The highest BCUT2D eigenvalue weighted by Gasteiger charge is 2.46. The zero-order valence-electron chi connectivity index (χ0n) is 11.3. The number of ether oxygens (including phenoxy) is 1. The summed E-state index contributed by atoms with van der Waals surface area (Å²) in [6.45, 7) is 10.5. The fraction of sp³-hybridized carbons (Fsp3) is 0.769. The van der Waals surface area contributed by atoms with Gasteiger partial charge in [0.25, 0.3) is 0 Å². The van der Waals surface area contributed by atoms with Crippen LogP contribution in [-0.4, -0.2) is 4.98 Å². The minimum absolute atomic E-state index is 0.0715. The van der Waals surface area contributed by atoms with Crippen molar-refractivity contribution in [2.24, 2.45) is 5.73 Å². The second-order valence-electron chi connectivity index (χ2n) is 5.75. The lowest BCUT2D eigenvalue weighted by Crippen LogP contribution is -2.23. The van der Waals surface area contributed by atoms with Crippen LogP contribution in [0.5, 0.6) is 0 Å². The third-order valence-electron chi connectivity index (χ3n) is 3.19. The Labute approximate surface area is 107 Å². The number of nitrogens with two attached hydrogens (primary N) is 1. The van der Waals surface area contributed by atoms with E-state index in [1.165, 1.54) is 4.88 Å². The fourth-order valence-electron chi connectivity index (χ4n) is 2.48. The Morgan fingerprint density at radius 1 is 1.29 bits per heavy atom. The van der Waals surface area contributed by atoms with Crippen LogP contribution in [0.1, 0.15) is 69.1 Å². The van der Waals surface area contributed by atoms with E-state index in [0.29, 0.717) is 0 Å². The molecule has 0 saturated heterocycles. The van der Waals surface area contributed by atoms with Gasteiger partial charge in [0.15, 0.2) is 0 Å². The summed E-state index contributed by atoms with van der Waals surface area (Å²) in [4.78, 5) is 5.97. The predicted molar refractivity (Wildman–Crippen MR) is 71.1 cm³/mol. The quantitative estimate of drug-likeness (QED) is 0.898. The SMILES string of the molecule is CCCC(N)c1nc2c(s1)C(C)(C)OC2(C)C. The van der Waals surface area contributed by atoms with Gasteiger partial charge in [-0.3, -0.25) is 0 Å². The molecule has 1 unspecified atom stereocenters. The molecular weight excluding hydrogens is 232 g/mol. The number of aromatic nitrogens is 1. The normalized spacial score (nSPS) is 22.5. The van der Waals surface area contributed by atoms with Gasteiger partial charge in [0.05, 0.1) is 22.2 Å². The second kappa shape index (κ2) is 4.04. The fourth-order valence-corrected chi connectivity index (χ4v) is 3.77. The van der Waals surface area contributed by atoms with E-state index in [4.69, 9.17) is 15.5 Å². The molecule has 1 aliphatic rings. The molecule has 0 bridgehead atoms. The molecule has 0 aliphatic carbocycles. The van der Waals surface area contributed by atoms with Crippen molar-refractivity contribution in [1.29, 1.82) is 0 Å². The molecule has 4 heteroatoms. The molecule has 96 valence electrons. The van der Waals surface area contributed by atoms with E-state index in [0.717, 1.165) is 23.5 Å². The maximum Gasteiger partial charge on any atom is 0.110 e. The monoisotopic (exact) mass is 254 g/mol. The highest BCUT2D eigenvalue weighted by molar-refractivity contribution is 7.12. The Morgan fingerprint density at radius 2 is 1.94 bits per heavy atom. The van der Waals surface area contributed by atoms with Gasteiger partial charge < -0.3 is 10.5 Å². The minimum Gasteiger partial charge on any atom is -0.358 e. The first kappa shape index (κ1) is 13.0. The molecule has 1 atom stereocenters. The van der Waals surface area contributed by atoms with Crippen LogP contribution in [0.15, 0.2) is 0 Å². The lowest BCUT2D eigenvalue weighted by atomic mass is 10.0. The standard InChI is InChI=1S/C13H22N2OS/c1-6-7-8(14)11-15-9-10(17-11)13(4,5)16-12(9,2)3/h8H,6-7,14H2,1-5H3. The van der Waals surface area contributed by atoms with Crippen molar-refractivity contribution in [1.82, 2.24) is 4.98 Å². The molecule has 3 nitrogen and oxygen atoms in total. The number of hydrogen-bond acceptors (Lipinski definition) is 4. The van der Waals surface area contributed by atoms with Gasteiger partial charge in [-0.1, -0.05) is 13.3 Å². The number of hydrogen-bond donors (Lipinski definition) is 1. The Hall–Kier alpha value is -0.450. The van der Waals surface area contributed by atoms with Crippen molar-refractivity contribution in [3.8, 4) is 0 Å². The Morgan fingerprint density at radius 3 is 2.47 bits per heavy atom. The lowest BCUT2D eigenvalue weighted by molar-refractivity contribution is -0.105. The van der Waals surface area contributed by atoms with E-state index < -0.39 is 0 Å². The molecule has 0 fully saturated rings.